The van der Waals surface area contributed by atoms with Gasteiger partial charge in [0.1, 0.15) is 22.9 Å². The maximum Gasteiger partial charge on any atom is 0.410 e. The van der Waals surface area contributed by atoms with E-state index in [4.69, 9.17) is 9.47 Å². The zero-order chi connectivity index (χ0) is 33.6. The molecule has 2 saturated heterocycles. The fourth-order valence-corrected chi connectivity index (χ4v) is 5.88. The van der Waals surface area contributed by atoms with Gasteiger partial charge in [0.2, 0.25) is 17.7 Å². The number of nitrogens with one attached hydrogen (secondary N) is 1. The van der Waals surface area contributed by atoms with Gasteiger partial charge in [0.15, 0.2) is 11.3 Å². The third-order valence-corrected chi connectivity index (χ3v) is 8.10. The molecule has 0 unspecified atom stereocenters. The lowest BCUT2D eigenvalue weighted by atomic mass is 10.1. The van der Waals surface area contributed by atoms with Crippen LogP contribution in [0.4, 0.5) is 26.6 Å². The van der Waals surface area contributed by atoms with E-state index in [-0.39, 0.29) is 53.8 Å². The molecule has 2 aliphatic rings. The molecule has 2 fully saturated rings. The maximum absolute atomic E-state index is 15.1. The molecule has 248 valence electrons. The third kappa shape index (κ3) is 6.52. The van der Waals surface area contributed by atoms with Crippen molar-refractivity contribution < 1.29 is 23.5 Å². The first-order valence-corrected chi connectivity index (χ1v) is 15.5. The lowest BCUT2D eigenvalue weighted by Crippen LogP contribution is -2.65. The summed E-state index contributed by atoms with van der Waals surface area (Å²) in [4.78, 5) is 52.9. The highest BCUT2D eigenvalue weighted by Crippen LogP contribution is 2.32. The Hall–Kier alpha value is -4.92. The molecule has 4 aromatic heterocycles. The van der Waals surface area contributed by atoms with Gasteiger partial charge in [-0.1, -0.05) is 0 Å². The number of imidazole rings is 1. The number of aryl methyl sites for hydroxylation is 1. The Bertz CT molecular complexity index is 1820. The number of nitrogens with zero attached hydrogens (tertiary/aromatic N) is 9. The van der Waals surface area contributed by atoms with Crippen LogP contribution < -0.4 is 15.0 Å². The second-order valence-electron chi connectivity index (χ2n) is 13.0. The fraction of sp³-hybridized carbons (Fsp3) is 0.469. The Morgan fingerprint density at radius 3 is 2.49 bits per heavy atom. The molecule has 0 aliphatic carbocycles. The Labute approximate surface area is 271 Å². The average molecular weight is 647 g/mol. The van der Waals surface area contributed by atoms with Crippen LogP contribution >= 0.6 is 0 Å². The maximum atomic E-state index is 15.1. The van der Waals surface area contributed by atoms with Crippen LogP contribution in [0.3, 0.4) is 0 Å². The van der Waals surface area contributed by atoms with Gasteiger partial charge in [0.25, 0.3) is 0 Å². The van der Waals surface area contributed by atoms with E-state index < -0.39 is 11.4 Å². The van der Waals surface area contributed by atoms with Crippen LogP contribution in [0.25, 0.3) is 22.4 Å². The molecular formula is C32H39FN10O4. The predicted octanol–water partition coefficient (Wildman–Crippen LogP) is 4.33. The molecule has 2 aliphatic heterocycles. The number of fused-ring (bicyclic) bond motifs is 1. The van der Waals surface area contributed by atoms with E-state index in [0.29, 0.717) is 43.2 Å². The summed E-state index contributed by atoms with van der Waals surface area (Å²) in [6, 6.07) is 5.48. The SMILES string of the molecule is COc1nc(-c2nc(Nc3ccc(N4CCN(C5CN(C(=O)OC(C)(C)C)C5)CC4=O)cn3)ncc2F)cc2c1nc(C)n2C(C)C. The van der Waals surface area contributed by atoms with Crippen LogP contribution in [0, 0.1) is 12.7 Å². The molecule has 2 amide bonds. The van der Waals surface area contributed by atoms with Crippen LogP contribution in [-0.4, -0.2) is 103 Å². The highest BCUT2D eigenvalue weighted by Gasteiger charge is 2.39. The molecule has 47 heavy (non-hydrogen) atoms. The molecule has 0 atom stereocenters. The van der Waals surface area contributed by atoms with Crippen molar-refractivity contribution in [2.75, 3.05) is 50.1 Å². The quantitative estimate of drug-likeness (QED) is 0.306. The van der Waals surface area contributed by atoms with E-state index in [1.165, 1.54) is 7.11 Å². The number of rotatable bonds is 7. The fourth-order valence-electron chi connectivity index (χ4n) is 5.88. The summed E-state index contributed by atoms with van der Waals surface area (Å²) in [6.45, 7) is 14.0. The number of ether oxygens (including phenoxy) is 2. The highest BCUT2D eigenvalue weighted by atomic mass is 19.1. The molecule has 0 spiro atoms. The van der Waals surface area contributed by atoms with Gasteiger partial charge < -0.3 is 29.2 Å². The number of likely N-dealkylation sites (tertiary alicyclic amines) is 1. The first-order chi connectivity index (χ1) is 22.3. The molecule has 1 N–H and O–H groups in total. The van der Waals surface area contributed by atoms with Gasteiger partial charge in [0.05, 0.1) is 42.9 Å². The number of pyridine rings is 2. The Morgan fingerprint density at radius 1 is 1.09 bits per heavy atom. The number of carbonyl (C=O) groups is 2. The van der Waals surface area contributed by atoms with Crippen molar-refractivity contribution in [2.45, 2.75) is 59.2 Å². The smallest absolute Gasteiger partial charge is 0.410 e. The van der Waals surface area contributed by atoms with Gasteiger partial charge in [-0.05, 0) is 59.7 Å². The van der Waals surface area contributed by atoms with Crippen molar-refractivity contribution in [3.05, 3.63) is 42.2 Å². The summed E-state index contributed by atoms with van der Waals surface area (Å²) in [5, 5.41) is 3.02. The van der Waals surface area contributed by atoms with Gasteiger partial charge >= 0.3 is 6.09 Å². The van der Waals surface area contributed by atoms with Gasteiger partial charge in [0, 0.05) is 38.3 Å². The number of piperazine rings is 1. The van der Waals surface area contributed by atoms with E-state index >= 15 is 4.39 Å². The number of methoxy groups -OCH3 is 1. The molecule has 0 saturated carbocycles. The first kappa shape index (κ1) is 32.0. The molecule has 0 aromatic carbocycles. The largest absolute Gasteiger partial charge is 0.479 e. The molecule has 4 aromatic rings. The number of anilines is 3. The van der Waals surface area contributed by atoms with Crippen molar-refractivity contribution in [3.63, 3.8) is 0 Å². The van der Waals surface area contributed by atoms with Gasteiger partial charge in [-0.3, -0.25) is 9.69 Å². The summed E-state index contributed by atoms with van der Waals surface area (Å²) in [6.07, 6.45) is 2.35. The van der Waals surface area contributed by atoms with E-state index in [9.17, 15) is 9.59 Å². The lowest BCUT2D eigenvalue weighted by Gasteiger charge is -2.47. The summed E-state index contributed by atoms with van der Waals surface area (Å²) < 4.78 is 28.0. The summed E-state index contributed by atoms with van der Waals surface area (Å²) in [5.74, 6) is 0.925. The van der Waals surface area contributed by atoms with Crippen LogP contribution in [-0.2, 0) is 9.53 Å². The molecule has 15 heteroatoms. The Morgan fingerprint density at radius 2 is 1.85 bits per heavy atom. The van der Waals surface area contributed by atoms with Crippen LogP contribution in [0.2, 0.25) is 0 Å². The molecule has 0 radical (unpaired) electrons. The third-order valence-electron chi connectivity index (χ3n) is 8.10. The first-order valence-electron chi connectivity index (χ1n) is 15.5. The normalized spacial score (nSPS) is 16.1. The summed E-state index contributed by atoms with van der Waals surface area (Å²) in [7, 11) is 1.50. The predicted molar refractivity (Wildman–Crippen MR) is 173 cm³/mol. The van der Waals surface area contributed by atoms with Crippen molar-refractivity contribution in [3.8, 4) is 17.3 Å². The summed E-state index contributed by atoms with van der Waals surface area (Å²) in [5.41, 5.74) is 1.74. The Kier molecular flexibility index (Phi) is 8.42. The van der Waals surface area contributed by atoms with Crippen molar-refractivity contribution in [1.29, 1.82) is 0 Å². The molecule has 6 rings (SSSR count). The number of aromatic nitrogens is 6. The van der Waals surface area contributed by atoms with Crippen molar-refractivity contribution in [1.82, 2.24) is 39.3 Å². The minimum absolute atomic E-state index is 0.00220. The second-order valence-corrected chi connectivity index (χ2v) is 13.0. The zero-order valence-corrected chi connectivity index (χ0v) is 27.6. The molecule has 14 nitrogen and oxygen atoms in total. The van der Waals surface area contributed by atoms with Crippen molar-refractivity contribution in [2.24, 2.45) is 0 Å². The minimum Gasteiger partial charge on any atom is -0.479 e. The number of halogens is 1. The van der Waals surface area contributed by atoms with Crippen LogP contribution in [0.5, 0.6) is 5.88 Å². The zero-order valence-electron chi connectivity index (χ0n) is 27.6. The van der Waals surface area contributed by atoms with Crippen LogP contribution in [0.15, 0.2) is 30.6 Å². The monoisotopic (exact) mass is 646 g/mol. The number of carbonyl (C=O) groups excluding carboxylic acids is 2. The minimum atomic E-state index is -0.641. The number of hydrogen-bond acceptors (Lipinski definition) is 11. The topological polar surface area (TPSA) is 144 Å². The van der Waals surface area contributed by atoms with Gasteiger partial charge in [-0.25, -0.2) is 34.1 Å². The Balaban J connectivity index is 1.12. The van der Waals surface area contributed by atoms with Crippen LogP contribution in [0.1, 0.15) is 46.5 Å². The standard InChI is InChI=1S/C32H39FN10O4/c1-18(2)43-19(3)36-28-24(43)12-23(37-29(28)46-7)27-22(33)14-35-30(39-27)38-25-9-8-20(13-34-25)42-11-10-40(17-26(42)44)21-15-41(16-21)31(45)47-32(4,5)6/h8-9,12-14,18,21H,10-11,15-17H2,1-7H3,(H,34,35,38,39). The lowest BCUT2D eigenvalue weighted by molar-refractivity contribution is -0.123. The van der Waals surface area contributed by atoms with Gasteiger partial charge in [-0.15, -0.1) is 0 Å². The van der Waals surface area contributed by atoms with E-state index in [2.05, 4.69) is 35.1 Å². The average Bonchev–Trinajstić information content (AvgIpc) is 3.32. The molecule has 6 heterocycles. The number of amides is 2. The number of hydrogen-bond donors (Lipinski definition) is 1. The van der Waals surface area contributed by atoms with E-state index in [1.54, 1.807) is 34.2 Å². The second kappa shape index (κ2) is 12.4. The molecule has 0 bridgehead atoms. The van der Waals surface area contributed by atoms with Crippen molar-refractivity contribution >= 4 is 40.5 Å². The summed E-state index contributed by atoms with van der Waals surface area (Å²) >= 11 is 0. The molecular weight excluding hydrogens is 607 g/mol. The highest BCUT2D eigenvalue weighted by molar-refractivity contribution is 5.95. The van der Waals surface area contributed by atoms with E-state index in [1.807, 2.05) is 46.1 Å². The van der Waals surface area contributed by atoms with E-state index in [0.717, 1.165) is 17.5 Å². The van der Waals surface area contributed by atoms with Gasteiger partial charge in [-0.2, -0.15) is 0 Å².